The normalized spacial score (nSPS) is 11.0. The average molecular weight is 432 g/mol. The van der Waals surface area contributed by atoms with Gasteiger partial charge in [0, 0.05) is 16.8 Å². The van der Waals surface area contributed by atoms with Crippen LogP contribution in [-0.4, -0.2) is 26.3 Å². The zero-order valence-electron chi connectivity index (χ0n) is 17.6. The molecule has 0 aliphatic carbocycles. The summed E-state index contributed by atoms with van der Waals surface area (Å²) in [7, 11) is 0. The van der Waals surface area contributed by atoms with Crippen LogP contribution in [0.25, 0.3) is 17.1 Å². The van der Waals surface area contributed by atoms with Gasteiger partial charge in [-0.15, -0.1) is 10.2 Å². The second kappa shape index (κ2) is 8.86. The minimum absolute atomic E-state index is 0.0421. The third-order valence-electron chi connectivity index (χ3n) is 5.22. The Morgan fingerprint density at radius 2 is 1.58 bits per heavy atom. The molecule has 1 aromatic heterocycles. The molecule has 0 unspecified atom stereocenters. The highest BCUT2D eigenvalue weighted by Crippen LogP contribution is 2.29. The summed E-state index contributed by atoms with van der Waals surface area (Å²) in [5.74, 6) is 0.606. The second-order valence-corrected chi connectivity index (χ2v) is 8.39. The summed E-state index contributed by atoms with van der Waals surface area (Å²) in [6.07, 6.45) is 0. The van der Waals surface area contributed by atoms with E-state index in [9.17, 15) is 9.18 Å². The SMILES string of the molecule is Cc1cc(C)c(C(=O)CSc2nnc(-c3ccccc3)n2-c2ccc(F)cc2)cc1C. The van der Waals surface area contributed by atoms with Crippen molar-refractivity contribution in [3.63, 3.8) is 0 Å². The molecular weight excluding hydrogens is 409 g/mol. The molecule has 0 amide bonds. The molecule has 0 aliphatic rings. The summed E-state index contributed by atoms with van der Waals surface area (Å²) < 4.78 is 15.4. The van der Waals surface area contributed by atoms with Crippen LogP contribution in [0.15, 0.2) is 71.9 Å². The number of carbonyl (C=O) groups is 1. The van der Waals surface area contributed by atoms with Crippen LogP contribution >= 0.6 is 11.8 Å². The van der Waals surface area contributed by atoms with E-state index in [-0.39, 0.29) is 17.4 Å². The Labute approximate surface area is 185 Å². The number of hydrogen-bond donors (Lipinski definition) is 0. The average Bonchev–Trinajstić information content (AvgIpc) is 3.19. The van der Waals surface area contributed by atoms with Crippen molar-refractivity contribution in [2.45, 2.75) is 25.9 Å². The Morgan fingerprint density at radius 1 is 0.903 bits per heavy atom. The smallest absolute Gasteiger partial charge is 0.196 e. The zero-order chi connectivity index (χ0) is 22.0. The number of aryl methyl sites for hydroxylation is 3. The van der Waals surface area contributed by atoms with E-state index in [1.165, 1.54) is 29.5 Å². The minimum atomic E-state index is -0.312. The van der Waals surface area contributed by atoms with Crippen molar-refractivity contribution in [2.24, 2.45) is 0 Å². The highest BCUT2D eigenvalue weighted by Gasteiger charge is 2.18. The summed E-state index contributed by atoms with van der Waals surface area (Å²) in [6.45, 7) is 6.01. The van der Waals surface area contributed by atoms with Gasteiger partial charge in [0.05, 0.1) is 5.75 Å². The van der Waals surface area contributed by atoms with Gasteiger partial charge in [-0.2, -0.15) is 0 Å². The predicted molar refractivity (Wildman–Crippen MR) is 122 cm³/mol. The quantitative estimate of drug-likeness (QED) is 0.279. The van der Waals surface area contributed by atoms with Crippen LogP contribution in [-0.2, 0) is 0 Å². The molecule has 0 atom stereocenters. The van der Waals surface area contributed by atoms with Crippen molar-refractivity contribution in [3.05, 3.63) is 94.8 Å². The number of rotatable bonds is 6. The first-order valence-corrected chi connectivity index (χ1v) is 10.9. The Morgan fingerprint density at radius 3 is 2.29 bits per heavy atom. The summed E-state index contributed by atoms with van der Waals surface area (Å²) >= 11 is 1.33. The van der Waals surface area contributed by atoms with Crippen LogP contribution in [0.1, 0.15) is 27.0 Å². The topological polar surface area (TPSA) is 47.8 Å². The number of hydrogen-bond acceptors (Lipinski definition) is 4. The van der Waals surface area contributed by atoms with Crippen LogP contribution < -0.4 is 0 Å². The van der Waals surface area contributed by atoms with E-state index in [0.29, 0.717) is 11.0 Å². The van der Waals surface area contributed by atoms with Crippen LogP contribution in [0.4, 0.5) is 4.39 Å². The van der Waals surface area contributed by atoms with E-state index in [0.717, 1.165) is 27.9 Å². The van der Waals surface area contributed by atoms with Crippen molar-refractivity contribution in [2.75, 3.05) is 5.75 Å². The molecule has 31 heavy (non-hydrogen) atoms. The lowest BCUT2D eigenvalue weighted by Gasteiger charge is -2.11. The lowest BCUT2D eigenvalue weighted by atomic mass is 9.99. The number of ketones is 1. The molecule has 0 fully saturated rings. The largest absolute Gasteiger partial charge is 0.293 e. The molecule has 4 aromatic rings. The number of Topliss-reactive ketones (excluding diaryl/α,β-unsaturated/α-hetero) is 1. The molecule has 6 heteroatoms. The third-order valence-corrected chi connectivity index (χ3v) is 6.15. The molecule has 0 N–H and O–H groups in total. The van der Waals surface area contributed by atoms with Crippen molar-refractivity contribution in [1.82, 2.24) is 14.8 Å². The van der Waals surface area contributed by atoms with E-state index >= 15 is 0 Å². The molecule has 0 saturated heterocycles. The Balaban J connectivity index is 1.67. The van der Waals surface area contributed by atoms with Crippen LogP contribution in [0.5, 0.6) is 0 Å². The number of aromatic nitrogens is 3. The highest BCUT2D eigenvalue weighted by molar-refractivity contribution is 7.99. The van der Waals surface area contributed by atoms with Gasteiger partial charge in [-0.25, -0.2) is 4.39 Å². The maximum absolute atomic E-state index is 13.5. The predicted octanol–water partition coefficient (Wildman–Crippen LogP) is 5.97. The number of thioether (sulfide) groups is 1. The Kier molecular flexibility index (Phi) is 6.00. The van der Waals surface area contributed by atoms with E-state index in [1.54, 1.807) is 12.1 Å². The van der Waals surface area contributed by atoms with Gasteiger partial charge in [0.15, 0.2) is 16.8 Å². The fourth-order valence-electron chi connectivity index (χ4n) is 3.43. The second-order valence-electron chi connectivity index (χ2n) is 7.45. The van der Waals surface area contributed by atoms with Crippen LogP contribution in [0, 0.1) is 26.6 Å². The first-order valence-electron chi connectivity index (χ1n) is 9.94. The van der Waals surface area contributed by atoms with Crippen LogP contribution in [0.2, 0.25) is 0 Å². The Hall–Kier alpha value is -3.25. The molecule has 4 rings (SSSR count). The summed E-state index contributed by atoms with van der Waals surface area (Å²) in [6, 6.07) is 19.9. The van der Waals surface area contributed by atoms with Gasteiger partial charge in [0.2, 0.25) is 0 Å². The number of halogens is 1. The van der Waals surface area contributed by atoms with Crippen molar-refractivity contribution >= 4 is 17.5 Å². The molecule has 1 heterocycles. The Bertz CT molecular complexity index is 1230. The molecule has 156 valence electrons. The third kappa shape index (κ3) is 4.44. The van der Waals surface area contributed by atoms with Crippen molar-refractivity contribution < 1.29 is 9.18 Å². The molecule has 0 spiro atoms. The number of benzene rings is 3. The molecule has 0 bridgehead atoms. The van der Waals surface area contributed by atoms with Crippen LogP contribution in [0.3, 0.4) is 0 Å². The van der Waals surface area contributed by atoms with Gasteiger partial charge in [-0.05, 0) is 67.8 Å². The molecule has 0 radical (unpaired) electrons. The fourth-order valence-corrected chi connectivity index (χ4v) is 4.26. The molecule has 0 aliphatic heterocycles. The standard InChI is InChI=1S/C25H22FN3OS/c1-16-13-18(3)22(14-17(16)2)23(30)15-31-25-28-27-24(19-7-5-4-6-8-19)29(25)21-11-9-20(26)10-12-21/h4-14H,15H2,1-3H3. The summed E-state index contributed by atoms with van der Waals surface area (Å²) in [5.41, 5.74) is 5.60. The van der Waals surface area contributed by atoms with Gasteiger partial charge in [0.25, 0.3) is 0 Å². The maximum atomic E-state index is 13.5. The molecular formula is C25H22FN3OS. The summed E-state index contributed by atoms with van der Waals surface area (Å²) in [5, 5.41) is 9.29. The first kappa shape index (κ1) is 21.0. The number of carbonyl (C=O) groups excluding carboxylic acids is 1. The highest BCUT2D eigenvalue weighted by atomic mass is 32.2. The van der Waals surface area contributed by atoms with Gasteiger partial charge in [0.1, 0.15) is 5.82 Å². The molecule has 3 aromatic carbocycles. The van der Waals surface area contributed by atoms with E-state index < -0.39 is 0 Å². The molecule has 0 saturated carbocycles. The lowest BCUT2D eigenvalue weighted by Crippen LogP contribution is -2.07. The minimum Gasteiger partial charge on any atom is -0.293 e. The van der Waals surface area contributed by atoms with Gasteiger partial charge in [-0.3, -0.25) is 9.36 Å². The fraction of sp³-hybridized carbons (Fsp3) is 0.160. The van der Waals surface area contributed by atoms with Gasteiger partial charge >= 0.3 is 0 Å². The van der Waals surface area contributed by atoms with E-state index in [4.69, 9.17) is 0 Å². The maximum Gasteiger partial charge on any atom is 0.196 e. The van der Waals surface area contributed by atoms with E-state index in [1.807, 2.05) is 67.8 Å². The van der Waals surface area contributed by atoms with Gasteiger partial charge < -0.3 is 0 Å². The van der Waals surface area contributed by atoms with E-state index in [2.05, 4.69) is 10.2 Å². The monoisotopic (exact) mass is 431 g/mol. The van der Waals surface area contributed by atoms with Gasteiger partial charge in [-0.1, -0.05) is 48.2 Å². The summed E-state index contributed by atoms with van der Waals surface area (Å²) in [4.78, 5) is 12.9. The van der Waals surface area contributed by atoms with Crippen molar-refractivity contribution in [1.29, 1.82) is 0 Å². The first-order chi connectivity index (χ1) is 14.9. The lowest BCUT2D eigenvalue weighted by molar-refractivity contribution is 0.102. The number of nitrogens with zero attached hydrogens (tertiary/aromatic N) is 3. The zero-order valence-corrected chi connectivity index (χ0v) is 18.4. The van der Waals surface area contributed by atoms with Crippen molar-refractivity contribution in [3.8, 4) is 17.1 Å². The molecule has 4 nitrogen and oxygen atoms in total.